The lowest BCUT2D eigenvalue weighted by molar-refractivity contribution is -0.128. The van der Waals surface area contributed by atoms with E-state index in [0.717, 1.165) is 25.3 Å². The second-order valence-corrected chi connectivity index (χ2v) is 8.76. The summed E-state index contributed by atoms with van der Waals surface area (Å²) in [5, 5.41) is 6.91. The maximum atomic E-state index is 11.9. The van der Waals surface area contributed by atoms with Gasteiger partial charge in [0.15, 0.2) is 5.96 Å². The monoisotopic (exact) mass is 500 g/mol. The van der Waals surface area contributed by atoms with Crippen molar-refractivity contribution in [1.82, 2.24) is 15.5 Å². The molecule has 0 aliphatic carbocycles. The Morgan fingerprint density at radius 2 is 1.93 bits per heavy atom. The molecule has 28 heavy (non-hydrogen) atoms. The first-order valence-electron chi connectivity index (χ1n) is 10.1. The summed E-state index contributed by atoms with van der Waals surface area (Å²) in [5.74, 6) is 1.09. The van der Waals surface area contributed by atoms with Crippen molar-refractivity contribution < 1.29 is 4.79 Å². The molecule has 1 heterocycles. The van der Waals surface area contributed by atoms with Crippen molar-refractivity contribution in [1.29, 1.82) is 0 Å². The quantitative estimate of drug-likeness (QED) is 0.334. The number of guanidine groups is 1. The van der Waals surface area contributed by atoms with E-state index in [0.29, 0.717) is 31.0 Å². The van der Waals surface area contributed by atoms with Crippen molar-refractivity contribution in [2.45, 2.75) is 72.5 Å². The van der Waals surface area contributed by atoms with Crippen LogP contribution in [0.5, 0.6) is 0 Å². The van der Waals surface area contributed by atoms with Crippen LogP contribution in [0, 0.1) is 5.41 Å². The Balaban J connectivity index is 0.00000392. The van der Waals surface area contributed by atoms with E-state index in [2.05, 4.69) is 61.5 Å². The van der Waals surface area contributed by atoms with Gasteiger partial charge in [-0.3, -0.25) is 9.79 Å². The van der Waals surface area contributed by atoms with Gasteiger partial charge in [-0.25, -0.2) is 0 Å². The molecule has 1 atom stereocenters. The highest BCUT2D eigenvalue weighted by atomic mass is 127. The molecule has 6 heteroatoms. The van der Waals surface area contributed by atoms with Crippen LogP contribution in [0.4, 0.5) is 0 Å². The Kier molecular flexibility index (Phi) is 10.3. The maximum Gasteiger partial charge on any atom is 0.222 e. The zero-order valence-corrected chi connectivity index (χ0v) is 20.4. The summed E-state index contributed by atoms with van der Waals surface area (Å²) in [7, 11) is 1.81. The first-order chi connectivity index (χ1) is 12.8. The number of carbonyl (C=O) groups is 1. The summed E-state index contributed by atoms with van der Waals surface area (Å²) < 4.78 is 0. The number of likely N-dealkylation sites (tertiary alicyclic amines) is 1. The molecule has 1 aliphatic heterocycles. The number of hydrogen-bond acceptors (Lipinski definition) is 2. The number of rotatable bonds is 7. The van der Waals surface area contributed by atoms with Crippen molar-refractivity contribution >= 4 is 35.8 Å². The van der Waals surface area contributed by atoms with E-state index in [9.17, 15) is 4.79 Å². The number of nitrogens with one attached hydrogen (secondary N) is 2. The topological polar surface area (TPSA) is 56.7 Å². The minimum Gasteiger partial charge on any atom is -0.354 e. The number of benzene rings is 1. The van der Waals surface area contributed by atoms with E-state index in [1.165, 1.54) is 17.5 Å². The molecule has 1 saturated heterocycles. The van der Waals surface area contributed by atoms with Crippen molar-refractivity contribution in [3.05, 3.63) is 35.4 Å². The van der Waals surface area contributed by atoms with Crippen LogP contribution in [0.2, 0.25) is 0 Å². The molecule has 0 bridgehead atoms. The van der Waals surface area contributed by atoms with Gasteiger partial charge in [-0.1, -0.05) is 45.0 Å². The van der Waals surface area contributed by atoms with Gasteiger partial charge in [-0.15, -0.1) is 24.0 Å². The molecule has 0 spiro atoms. The fourth-order valence-corrected chi connectivity index (χ4v) is 3.29. The van der Waals surface area contributed by atoms with E-state index < -0.39 is 0 Å². The molecule has 0 aromatic heterocycles. The first-order valence-corrected chi connectivity index (χ1v) is 10.1. The molecule has 2 N–H and O–H groups in total. The van der Waals surface area contributed by atoms with Crippen molar-refractivity contribution in [3.63, 3.8) is 0 Å². The molecular formula is C22H37IN4O. The number of amides is 1. The Labute approximate surface area is 187 Å². The van der Waals surface area contributed by atoms with Gasteiger partial charge in [0.1, 0.15) is 0 Å². The molecule has 5 nitrogen and oxygen atoms in total. The van der Waals surface area contributed by atoms with E-state index in [-0.39, 0.29) is 29.9 Å². The summed E-state index contributed by atoms with van der Waals surface area (Å²) in [6.07, 6.45) is 3.94. The van der Waals surface area contributed by atoms with Gasteiger partial charge in [0.25, 0.3) is 0 Å². The van der Waals surface area contributed by atoms with E-state index in [1.54, 1.807) is 7.05 Å². The number of carbonyl (C=O) groups excluding carboxylic acids is 1. The van der Waals surface area contributed by atoms with Gasteiger partial charge in [0.05, 0.1) is 0 Å². The predicted molar refractivity (Wildman–Crippen MR) is 128 cm³/mol. The summed E-state index contributed by atoms with van der Waals surface area (Å²) >= 11 is 0. The second-order valence-electron chi connectivity index (χ2n) is 8.76. The van der Waals surface area contributed by atoms with Crippen LogP contribution in [0.25, 0.3) is 0 Å². The molecule has 1 aliphatic rings. The summed E-state index contributed by atoms with van der Waals surface area (Å²) in [6.45, 7) is 11.3. The third-order valence-corrected chi connectivity index (χ3v) is 5.03. The molecule has 0 radical (unpaired) electrons. The highest BCUT2D eigenvalue weighted by Gasteiger charge is 2.21. The van der Waals surface area contributed by atoms with E-state index in [4.69, 9.17) is 0 Å². The van der Waals surface area contributed by atoms with E-state index >= 15 is 0 Å². The molecule has 1 aromatic rings. The van der Waals surface area contributed by atoms with Gasteiger partial charge < -0.3 is 15.5 Å². The Bertz CT molecular complexity index is 654. The molecule has 1 unspecified atom stereocenters. The third-order valence-electron chi connectivity index (χ3n) is 5.03. The Morgan fingerprint density at radius 1 is 1.25 bits per heavy atom. The van der Waals surface area contributed by atoms with Gasteiger partial charge >= 0.3 is 0 Å². The first kappa shape index (κ1) is 24.7. The fraction of sp³-hybridized carbons (Fsp3) is 0.636. The number of halogens is 1. The lowest BCUT2D eigenvalue weighted by Gasteiger charge is -2.23. The second kappa shape index (κ2) is 11.6. The normalized spacial score (nSPS) is 16.0. The van der Waals surface area contributed by atoms with Crippen LogP contribution in [0.3, 0.4) is 0 Å². The molecule has 2 rings (SSSR count). The minimum atomic E-state index is 0. The molecule has 0 saturated carbocycles. The lowest BCUT2D eigenvalue weighted by atomic mass is 9.89. The zero-order chi connectivity index (χ0) is 19.9. The third kappa shape index (κ3) is 8.37. The highest BCUT2D eigenvalue weighted by molar-refractivity contribution is 14.0. The van der Waals surface area contributed by atoms with Crippen LogP contribution >= 0.6 is 24.0 Å². The van der Waals surface area contributed by atoms with Crippen LogP contribution < -0.4 is 10.6 Å². The Morgan fingerprint density at radius 3 is 2.50 bits per heavy atom. The lowest BCUT2D eigenvalue weighted by Crippen LogP contribution is -2.42. The highest BCUT2D eigenvalue weighted by Crippen LogP contribution is 2.21. The van der Waals surface area contributed by atoms with Crippen molar-refractivity contribution in [2.75, 3.05) is 13.6 Å². The van der Waals surface area contributed by atoms with Gasteiger partial charge in [-0.2, -0.15) is 0 Å². The van der Waals surface area contributed by atoms with Gasteiger partial charge in [0.2, 0.25) is 5.91 Å². The van der Waals surface area contributed by atoms with Gasteiger partial charge in [-0.05, 0) is 42.7 Å². The number of nitrogens with zero attached hydrogens (tertiary/aromatic N) is 2. The van der Waals surface area contributed by atoms with Crippen LogP contribution in [-0.2, 0) is 17.9 Å². The SMILES string of the molecule is CN=C(NCc1ccccc1CN1CCCC1=O)NC(C)CCC(C)(C)C.I. The fourth-order valence-electron chi connectivity index (χ4n) is 3.29. The largest absolute Gasteiger partial charge is 0.354 e. The smallest absolute Gasteiger partial charge is 0.222 e. The van der Waals surface area contributed by atoms with Crippen LogP contribution in [-0.4, -0.2) is 36.4 Å². The summed E-state index contributed by atoms with van der Waals surface area (Å²) in [6, 6.07) is 8.70. The average Bonchev–Trinajstić information content (AvgIpc) is 3.02. The molecule has 1 fully saturated rings. The molecular weight excluding hydrogens is 463 g/mol. The minimum absolute atomic E-state index is 0. The van der Waals surface area contributed by atoms with Gasteiger partial charge in [0, 0.05) is 39.1 Å². The molecule has 1 aromatic carbocycles. The standard InChI is InChI=1S/C22H36N4O.HI/c1-17(12-13-22(2,3)4)25-21(23-5)24-15-18-9-6-7-10-19(18)16-26-14-8-11-20(26)27;/h6-7,9-10,17H,8,11-16H2,1-5H3,(H2,23,24,25);1H. The van der Waals surface area contributed by atoms with Crippen LogP contribution in [0.1, 0.15) is 64.5 Å². The average molecular weight is 500 g/mol. The molecule has 1 amide bonds. The van der Waals surface area contributed by atoms with Crippen molar-refractivity contribution in [2.24, 2.45) is 10.4 Å². The zero-order valence-electron chi connectivity index (χ0n) is 18.0. The Hall–Kier alpha value is -1.31. The van der Waals surface area contributed by atoms with Crippen LogP contribution in [0.15, 0.2) is 29.3 Å². The predicted octanol–water partition coefficient (Wildman–Crippen LogP) is 4.31. The molecule has 158 valence electrons. The number of hydrogen-bond donors (Lipinski definition) is 2. The number of aliphatic imine (C=N–C) groups is 1. The van der Waals surface area contributed by atoms with Crippen molar-refractivity contribution in [3.8, 4) is 0 Å². The summed E-state index contributed by atoms with van der Waals surface area (Å²) in [5.41, 5.74) is 2.76. The maximum absolute atomic E-state index is 11.9. The summed E-state index contributed by atoms with van der Waals surface area (Å²) in [4.78, 5) is 18.3. The van der Waals surface area contributed by atoms with E-state index in [1.807, 2.05) is 11.0 Å².